The quantitative estimate of drug-likeness (QED) is 0.745. The molecule has 0 radical (unpaired) electrons. The molecule has 0 spiro atoms. The number of aldehydes is 1. The lowest BCUT2D eigenvalue weighted by Gasteiger charge is -2.36. The van der Waals surface area contributed by atoms with E-state index >= 15 is 0 Å². The van der Waals surface area contributed by atoms with Crippen LogP contribution < -0.4 is 4.90 Å². The number of hydrogen-bond donors (Lipinski definition) is 0. The number of anilines is 1. The van der Waals surface area contributed by atoms with Crippen LogP contribution in [0.25, 0.3) is 0 Å². The van der Waals surface area contributed by atoms with Crippen LogP contribution in [0.5, 0.6) is 0 Å². The van der Waals surface area contributed by atoms with Crippen molar-refractivity contribution in [3.63, 3.8) is 0 Å². The summed E-state index contributed by atoms with van der Waals surface area (Å²) < 4.78 is 5.59. The molecule has 0 N–H and O–H groups in total. The van der Waals surface area contributed by atoms with Crippen LogP contribution in [-0.4, -0.2) is 56.6 Å². The van der Waals surface area contributed by atoms with Gasteiger partial charge in [-0.05, 0) is 38.1 Å². The molecule has 1 aromatic rings. The van der Waals surface area contributed by atoms with Gasteiger partial charge < -0.3 is 9.64 Å². The predicted molar refractivity (Wildman–Crippen MR) is 81.6 cm³/mol. The highest BCUT2D eigenvalue weighted by molar-refractivity contribution is 5.75. The summed E-state index contributed by atoms with van der Waals surface area (Å²) in [6.07, 6.45) is 1.20. The predicted octanol–water partition coefficient (Wildman–Crippen LogP) is 2.05. The summed E-state index contributed by atoms with van der Waals surface area (Å²) in [6.45, 7) is 10.2. The SMILES string of the molecule is CC(C)OCCN1CCN(c2ccc(C=O)cc2)CC1. The smallest absolute Gasteiger partial charge is 0.150 e. The summed E-state index contributed by atoms with van der Waals surface area (Å²) >= 11 is 0. The van der Waals surface area contributed by atoms with E-state index in [0.29, 0.717) is 6.10 Å². The van der Waals surface area contributed by atoms with Crippen LogP contribution in [0.3, 0.4) is 0 Å². The van der Waals surface area contributed by atoms with Gasteiger partial charge in [-0.25, -0.2) is 0 Å². The zero-order valence-electron chi connectivity index (χ0n) is 12.4. The van der Waals surface area contributed by atoms with E-state index < -0.39 is 0 Å². The second-order valence-electron chi connectivity index (χ2n) is 5.46. The van der Waals surface area contributed by atoms with Crippen molar-refractivity contribution < 1.29 is 9.53 Å². The van der Waals surface area contributed by atoms with Crippen LogP contribution in [0.15, 0.2) is 24.3 Å². The van der Waals surface area contributed by atoms with E-state index in [1.807, 2.05) is 24.3 Å². The topological polar surface area (TPSA) is 32.8 Å². The Morgan fingerprint density at radius 2 is 1.80 bits per heavy atom. The molecule has 0 bridgehead atoms. The first kappa shape index (κ1) is 15.0. The first-order valence-electron chi connectivity index (χ1n) is 7.33. The summed E-state index contributed by atoms with van der Waals surface area (Å²) in [6, 6.07) is 7.82. The summed E-state index contributed by atoms with van der Waals surface area (Å²) in [5.74, 6) is 0. The Morgan fingerprint density at radius 1 is 1.15 bits per heavy atom. The Hall–Kier alpha value is -1.39. The first-order chi connectivity index (χ1) is 9.69. The number of hydrogen-bond acceptors (Lipinski definition) is 4. The molecule has 0 saturated carbocycles. The van der Waals surface area contributed by atoms with Gasteiger partial charge in [-0.3, -0.25) is 9.69 Å². The molecule has 4 nitrogen and oxygen atoms in total. The van der Waals surface area contributed by atoms with Crippen molar-refractivity contribution in [3.05, 3.63) is 29.8 Å². The average Bonchev–Trinajstić information content (AvgIpc) is 2.48. The average molecular weight is 276 g/mol. The zero-order chi connectivity index (χ0) is 14.4. The number of piperazine rings is 1. The number of benzene rings is 1. The van der Waals surface area contributed by atoms with Gasteiger partial charge in [0, 0.05) is 44.0 Å². The highest BCUT2D eigenvalue weighted by Crippen LogP contribution is 2.16. The molecule has 0 unspecified atom stereocenters. The maximum Gasteiger partial charge on any atom is 0.150 e. The summed E-state index contributed by atoms with van der Waals surface area (Å²) in [5, 5.41) is 0. The fourth-order valence-corrected chi connectivity index (χ4v) is 2.41. The Labute approximate surface area is 121 Å². The van der Waals surface area contributed by atoms with Crippen LogP contribution in [0, 0.1) is 0 Å². The second kappa shape index (κ2) is 7.41. The van der Waals surface area contributed by atoms with Gasteiger partial charge in [0.2, 0.25) is 0 Å². The molecule has 2 rings (SSSR count). The Morgan fingerprint density at radius 3 is 2.35 bits per heavy atom. The third-order valence-electron chi connectivity index (χ3n) is 3.63. The monoisotopic (exact) mass is 276 g/mol. The van der Waals surface area contributed by atoms with Crippen LogP contribution in [0.4, 0.5) is 5.69 Å². The Bertz CT molecular complexity index is 409. The van der Waals surface area contributed by atoms with E-state index in [1.54, 1.807) is 0 Å². The minimum absolute atomic E-state index is 0.313. The lowest BCUT2D eigenvalue weighted by atomic mass is 10.2. The van der Waals surface area contributed by atoms with Gasteiger partial charge in [-0.2, -0.15) is 0 Å². The summed E-state index contributed by atoms with van der Waals surface area (Å²) in [5.41, 5.74) is 1.94. The van der Waals surface area contributed by atoms with E-state index in [2.05, 4.69) is 23.6 Å². The highest BCUT2D eigenvalue weighted by atomic mass is 16.5. The number of nitrogens with zero attached hydrogens (tertiary/aromatic N) is 2. The Kier molecular flexibility index (Phi) is 5.56. The van der Waals surface area contributed by atoms with Crippen molar-refractivity contribution >= 4 is 12.0 Å². The Balaban J connectivity index is 1.77. The van der Waals surface area contributed by atoms with Crippen LogP contribution in [0.2, 0.25) is 0 Å². The lowest BCUT2D eigenvalue weighted by Crippen LogP contribution is -2.47. The van der Waals surface area contributed by atoms with E-state index in [0.717, 1.165) is 51.2 Å². The van der Waals surface area contributed by atoms with Gasteiger partial charge in [-0.15, -0.1) is 0 Å². The molecule has 110 valence electrons. The number of ether oxygens (including phenoxy) is 1. The van der Waals surface area contributed by atoms with Gasteiger partial charge >= 0.3 is 0 Å². The molecule has 1 aromatic carbocycles. The van der Waals surface area contributed by atoms with Crippen molar-refractivity contribution in [1.82, 2.24) is 4.90 Å². The molecular formula is C16H24N2O2. The molecule has 1 heterocycles. The van der Waals surface area contributed by atoms with Gasteiger partial charge in [0.25, 0.3) is 0 Å². The van der Waals surface area contributed by atoms with Gasteiger partial charge in [-0.1, -0.05) is 0 Å². The van der Waals surface area contributed by atoms with E-state index in [-0.39, 0.29) is 0 Å². The minimum Gasteiger partial charge on any atom is -0.377 e. The van der Waals surface area contributed by atoms with Crippen LogP contribution in [-0.2, 0) is 4.74 Å². The molecule has 20 heavy (non-hydrogen) atoms. The largest absolute Gasteiger partial charge is 0.377 e. The molecule has 1 aliphatic heterocycles. The van der Waals surface area contributed by atoms with Gasteiger partial charge in [0.15, 0.2) is 0 Å². The third-order valence-corrected chi connectivity index (χ3v) is 3.63. The first-order valence-corrected chi connectivity index (χ1v) is 7.33. The standard InChI is InChI=1S/C16H24N2O2/c1-14(2)20-12-11-17-7-9-18(10-8-17)16-5-3-15(13-19)4-6-16/h3-6,13-14H,7-12H2,1-2H3. The normalized spacial score (nSPS) is 16.6. The number of carbonyl (C=O) groups is 1. The molecule has 0 atom stereocenters. The molecule has 4 heteroatoms. The van der Waals surface area contributed by atoms with Gasteiger partial charge in [0.1, 0.15) is 6.29 Å². The molecule has 1 aliphatic rings. The fraction of sp³-hybridized carbons (Fsp3) is 0.562. The highest BCUT2D eigenvalue weighted by Gasteiger charge is 2.16. The minimum atomic E-state index is 0.313. The van der Waals surface area contributed by atoms with Crippen molar-refractivity contribution in [2.75, 3.05) is 44.2 Å². The summed E-state index contributed by atoms with van der Waals surface area (Å²) in [4.78, 5) is 15.5. The summed E-state index contributed by atoms with van der Waals surface area (Å²) in [7, 11) is 0. The third kappa shape index (κ3) is 4.32. The maximum absolute atomic E-state index is 10.7. The maximum atomic E-state index is 10.7. The number of carbonyl (C=O) groups excluding carboxylic acids is 1. The molecular weight excluding hydrogens is 252 g/mol. The lowest BCUT2D eigenvalue weighted by molar-refractivity contribution is 0.0579. The van der Waals surface area contributed by atoms with E-state index in [4.69, 9.17) is 4.74 Å². The fourth-order valence-electron chi connectivity index (χ4n) is 2.41. The van der Waals surface area contributed by atoms with Crippen molar-refractivity contribution in [2.24, 2.45) is 0 Å². The molecule has 0 amide bonds. The van der Waals surface area contributed by atoms with Crippen molar-refractivity contribution in [1.29, 1.82) is 0 Å². The van der Waals surface area contributed by atoms with Gasteiger partial charge in [0.05, 0.1) is 12.7 Å². The molecule has 0 aliphatic carbocycles. The van der Waals surface area contributed by atoms with Crippen LogP contribution >= 0.6 is 0 Å². The van der Waals surface area contributed by atoms with E-state index in [1.165, 1.54) is 5.69 Å². The van der Waals surface area contributed by atoms with Crippen molar-refractivity contribution in [3.8, 4) is 0 Å². The van der Waals surface area contributed by atoms with E-state index in [9.17, 15) is 4.79 Å². The van der Waals surface area contributed by atoms with Crippen LogP contribution in [0.1, 0.15) is 24.2 Å². The van der Waals surface area contributed by atoms with Crippen molar-refractivity contribution in [2.45, 2.75) is 20.0 Å². The molecule has 1 fully saturated rings. The second-order valence-corrected chi connectivity index (χ2v) is 5.46. The zero-order valence-corrected chi connectivity index (χ0v) is 12.4. The molecule has 0 aromatic heterocycles. The number of rotatable bonds is 6. The molecule has 1 saturated heterocycles.